The second kappa shape index (κ2) is 12.5. The Bertz CT molecular complexity index is 508. The lowest BCUT2D eigenvalue weighted by molar-refractivity contribution is -0.125. The van der Waals surface area contributed by atoms with Gasteiger partial charge in [-0.25, -0.2) is 0 Å². The number of halogens is 2. The Hall–Kier alpha value is -0.850. The molecule has 1 aliphatic heterocycles. The third kappa shape index (κ3) is 7.41. The normalized spacial score (nSPS) is 17.7. The zero-order valence-corrected chi connectivity index (χ0v) is 17.7. The molecule has 5 nitrogen and oxygen atoms in total. The number of carbonyl (C=O) groups excluding carboxylic acids is 1. The molecule has 1 aromatic rings. The van der Waals surface area contributed by atoms with E-state index in [1.807, 2.05) is 37.3 Å². The van der Waals surface area contributed by atoms with Gasteiger partial charge >= 0.3 is 0 Å². The van der Waals surface area contributed by atoms with Crippen LogP contribution in [0, 0.1) is 5.92 Å². The molecular formula is C19H34Cl2N4O. The van der Waals surface area contributed by atoms with Crippen molar-refractivity contribution in [2.45, 2.75) is 31.8 Å². The molecule has 0 saturated carbocycles. The van der Waals surface area contributed by atoms with Crippen LogP contribution in [0.15, 0.2) is 30.3 Å². The topological polar surface area (TPSA) is 61.6 Å². The van der Waals surface area contributed by atoms with Gasteiger partial charge in [0.1, 0.15) is 0 Å². The second-order valence-electron chi connectivity index (χ2n) is 7.05. The molecule has 1 saturated heterocycles. The number of nitrogens with two attached hydrogens (primary N) is 1. The molecule has 150 valence electrons. The molecule has 1 aliphatic rings. The summed E-state index contributed by atoms with van der Waals surface area (Å²) in [6, 6.07) is 10.3. The van der Waals surface area contributed by atoms with Crippen molar-refractivity contribution in [2.75, 3.05) is 40.3 Å². The van der Waals surface area contributed by atoms with E-state index in [2.05, 4.69) is 29.2 Å². The van der Waals surface area contributed by atoms with E-state index in [1.165, 1.54) is 12.8 Å². The number of hydrogen-bond donors (Lipinski definition) is 2. The van der Waals surface area contributed by atoms with Gasteiger partial charge < -0.3 is 20.9 Å². The highest BCUT2D eigenvalue weighted by molar-refractivity contribution is 5.85. The van der Waals surface area contributed by atoms with Crippen molar-refractivity contribution in [3.8, 4) is 0 Å². The Morgan fingerprint density at radius 2 is 1.81 bits per heavy atom. The molecule has 2 atom stereocenters. The van der Waals surface area contributed by atoms with Gasteiger partial charge in [0.25, 0.3) is 0 Å². The highest BCUT2D eigenvalue weighted by Gasteiger charge is 2.23. The predicted octanol–water partition coefficient (Wildman–Crippen LogP) is 2.31. The number of rotatable bonds is 7. The molecule has 0 aromatic heterocycles. The minimum atomic E-state index is -0.262. The fourth-order valence-corrected chi connectivity index (χ4v) is 3.28. The van der Waals surface area contributed by atoms with E-state index in [1.54, 1.807) is 0 Å². The van der Waals surface area contributed by atoms with Crippen molar-refractivity contribution in [3.63, 3.8) is 0 Å². The zero-order chi connectivity index (χ0) is 17.5. The van der Waals surface area contributed by atoms with Gasteiger partial charge in [-0.15, -0.1) is 24.8 Å². The van der Waals surface area contributed by atoms with E-state index in [0.717, 1.165) is 25.2 Å². The van der Waals surface area contributed by atoms with Gasteiger partial charge in [0.2, 0.25) is 5.91 Å². The Balaban J connectivity index is 0.00000312. The SMILES string of the molecule is CC(C(=O)NCCN1CCC(N(C)C)CC1)C(N)c1ccccc1.Cl.Cl. The number of nitrogens with one attached hydrogen (secondary N) is 1. The molecule has 0 spiro atoms. The Morgan fingerprint density at radius 3 is 2.35 bits per heavy atom. The fourth-order valence-electron chi connectivity index (χ4n) is 3.28. The van der Waals surface area contributed by atoms with E-state index >= 15 is 0 Å². The van der Waals surface area contributed by atoms with Crippen molar-refractivity contribution >= 4 is 30.7 Å². The number of carbonyl (C=O) groups is 1. The summed E-state index contributed by atoms with van der Waals surface area (Å²) >= 11 is 0. The minimum absolute atomic E-state index is 0. The highest BCUT2D eigenvalue weighted by Crippen LogP contribution is 2.19. The molecule has 1 fully saturated rings. The van der Waals surface area contributed by atoms with Crippen LogP contribution in [-0.2, 0) is 4.79 Å². The molecule has 1 aromatic carbocycles. The first-order valence-corrected chi connectivity index (χ1v) is 8.96. The van der Waals surface area contributed by atoms with Gasteiger partial charge in [-0.1, -0.05) is 37.3 Å². The van der Waals surface area contributed by atoms with Gasteiger partial charge in [-0.2, -0.15) is 0 Å². The quantitative estimate of drug-likeness (QED) is 0.731. The molecule has 2 unspecified atom stereocenters. The second-order valence-corrected chi connectivity index (χ2v) is 7.05. The standard InChI is InChI=1S/C19H32N4O.2ClH/c1-15(18(20)16-7-5-4-6-8-16)19(24)21-11-14-23-12-9-17(10-13-23)22(2)3;;/h4-8,15,17-18H,9-14,20H2,1-3H3,(H,21,24);2*1H. The number of amides is 1. The van der Waals surface area contributed by atoms with E-state index in [-0.39, 0.29) is 42.7 Å². The monoisotopic (exact) mass is 404 g/mol. The van der Waals surface area contributed by atoms with E-state index in [9.17, 15) is 4.79 Å². The molecular weight excluding hydrogens is 371 g/mol. The first-order chi connectivity index (χ1) is 11.5. The average Bonchev–Trinajstić information content (AvgIpc) is 2.61. The van der Waals surface area contributed by atoms with Crippen LogP contribution >= 0.6 is 24.8 Å². The summed E-state index contributed by atoms with van der Waals surface area (Å²) in [5, 5.41) is 3.04. The van der Waals surface area contributed by atoms with Crippen molar-refractivity contribution in [2.24, 2.45) is 11.7 Å². The van der Waals surface area contributed by atoms with Crippen LogP contribution in [0.1, 0.15) is 31.4 Å². The molecule has 2 rings (SSSR count). The van der Waals surface area contributed by atoms with Crippen LogP contribution < -0.4 is 11.1 Å². The molecule has 1 amide bonds. The van der Waals surface area contributed by atoms with Crippen molar-refractivity contribution < 1.29 is 4.79 Å². The van der Waals surface area contributed by atoms with Crippen LogP contribution in [0.3, 0.4) is 0 Å². The van der Waals surface area contributed by atoms with Gasteiger partial charge in [-0.3, -0.25) is 4.79 Å². The molecule has 3 N–H and O–H groups in total. The molecule has 0 radical (unpaired) electrons. The van der Waals surface area contributed by atoms with Crippen LogP contribution in [-0.4, -0.2) is 62.0 Å². The van der Waals surface area contributed by atoms with Gasteiger partial charge in [-0.05, 0) is 45.6 Å². The van der Waals surface area contributed by atoms with Crippen LogP contribution in [0.25, 0.3) is 0 Å². The Kier molecular flexibility index (Phi) is 12.1. The molecule has 26 heavy (non-hydrogen) atoms. The summed E-state index contributed by atoms with van der Waals surface area (Å²) < 4.78 is 0. The van der Waals surface area contributed by atoms with Gasteiger partial charge in [0.05, 0.1) is 5.92 Å². The first kappa shape index (κ1) is 25.1. The van der Waals surface area contributed by atoms with E-state index in [4.69, 9.17) is 5.73 Å². The van der Waals surface area contributed by atoms with Crippen LogP contribution in [0.5, 0.6) is 0 Å². The average molecular weight is 405 g/mol. The smallest absolute Gasteiger partial charge is 0.224 e. The number of nitrogens with zero attached hydrogens (tertiary/aromatic N) is 2. The largest absolute Gasteiger partial charge is 0.355 e. The maximum Gasteiger partial charge on any atom is 0.224 e. The van der Waals surface area contributed by atoms with Gasteiger partial charge in [0.15, 0.2) is 0 Å². The Morgan fingerprint density at radius 1 is 1.23 bits per heavy atom. The number of piperidine rings is 1. The molecule has 0 bridgehead atoms. The lowest BCUT2D eigenvalue weighted by Crippen LogP contribution is -2.45. The van der Waals surface area contributed by atoms with Crippen molar-refractivity contribution in [1.29, 1.82) is 0 Å². The van der Waals surface area contributed by atoms with Crippen molar-refractivity contribution in [1.82, 2.24) is 15.1 Å². The first-order valence-electron chi connectivity index (χ1n) is 8.96. The van der Waals surface area contributed by atoms with E-state index < -0.39 is 0 Å². The number of benzene rings is 1. The number of hydrogen-bond acceptors (Lipinski definition) is 4. The summed E-state index contributed by atoms with van der Waals surface area (Å²) in [7, 11) is 4.30. The predicted molar refractivity (Wildman–Crippen MR) is 113 cm³/mol. The van der Waals surface area contributed by atoms with Gasteiger partial charge in [0, 0.05) is 25.2 Å². The highest BCUT2D eigenvalue weighted by atomic mass is 35.5. The summed E-state index contributed by atoms with van der Waals surface area (Å²) in [6.07, 6.45) is 2.41. The van der Waals surface area contributed by atoms with Crippen LogP contribution in [0.4, 0.5) is 0 Å². The Labute approximate surface area is 170 Å². The maximum absolute atomic E-state index is 12.3. The third-order valence-corrected chi connectivity index (χ3v) is 5.15. The van der Waals surface area contributed by atoms with Crippen molar-refractivity contribution in [3.05, 3.63) is 35.9 Å². The molecule has 0 aliphatic carbocycles. The molecule has 1 heterocycles. The lowest BCUT2D eigenvalue weighted by atomic mass is 9.95. The summed E-state index contributed by atoms with van der Waals surface area (Å²) in [4.78, 5) is 17.1. The number of likely N-dealkylation sites (tertiary alicyclic amines) is 1. The van der Waals surface area contributed by atoms with Crippen LogP contribution in [0.2, 0.25) is 0 Å². The van der Waals surface area contributed by atoms with E-state index in [0.29, 0.717) is 12.6 Å². The fraction of sp³-hybridized carbons (Fsp3) is 0.632. The summed E-state index contributed by atoms with van der Waals surface area (Å²) in [6.45, 7) is 5.72. The summed E-state index contributed by atoms with van der Waals surface area (Å²) in [5.74, 6) is -0.193. The lowest BCUT2D eigenvalue weighted by Gasteiger charge is -2.35. The molecule has 7 heteroatoms. The summed E-state index contributed by atoms with van der Waals surface area (Å²) in [5.41, 5.74) is 7.23. The third-order valence-electron chi connectivity index (χ3n) is 5.15. The maximum atomic E-state index is 12.3. The zero-order valence-electron chi connectivity index (χ0n) is 16.1. The minimum Gasteiger partial charge on any atom is -0.355 e.